The predicted molar refractivity (Wildman–Crippen MR) is 164 cm³/mol. The highest BCUT2D eigenvalue weighted by Crippen LogP contribution is 2.41. The van der Waals surface area contributed by atoms with Crippen molar-refractivity contribution in [2.24, 2.45) is 17.6 Å². The summed E-state index contributed by atoms with van der Waals surface area (Å²) in [7, 11) is 3.14. The minimum Gasteiger partial charge on any atom is -0.462 e. The van der Waals surface area contributed by atoms with Crippen LogP contribution in [0.5, 0.6) is 0 Å². The van der Waals surface area contributed by atoms with Crippen LogP contribution >= 0.6 is 22.7 Å². The van der Waals surface area contributed by atoms with Gasteiger partial charge in [-0.1, -0.05) is 0 Å². The highest BCUT2D eigenvalue weighted by Gasteiger charge is 2.34. The standard InChI is InChI=1S/C15H19NO3S.C14H18N2O2S.CH5N/c1-2-19-15(18)12-10-5-3-4-6-11(10)20-14(12)16-13(17)9-7-8-9;1-15-13(18)11-9-4-2-3-5-10(9)19-14(11)16-12(17)8-6-7-8;1-2/h9H,2-8H2,1H3,(H,16,17);8H,2-7H2,1H3,(H,15,18)(H,16,17);2H2,1H3. The van der Waals surface area contributed by atoms with Crippen molar-refractivity contribution in [3.63, 3.8) is 0 Å². The zero-order valence-corrected chi connectivity index (χ0v) is 25.9. The second kappa shape index (κ2) is 14.4. The summed E-state index contributed by atoms with van der Waals surface area (Å²) in [6, 6.07) is 0. The number of nitrogens with two attached hydrogens (primary N) is 1. The van der Waals surface area contributed by atoms with Gasteiger partial charge < -0.3 is 26.4 Å². The molecule has 0 bridgehead atoms. The van der Waals surface area contributed by atoms with E-state index in [-0.39, 0.29) is 35.5 Å². The molecule has 5 N–H and O–H groups in total. The fraction of sp³-hybridized carbons (Fsp3) is 0.600. The SMILES string of the molecule is CCOC(=O)c1c(NC(=O)C2CC2)sc2c1CCCC2.CN.CNC(=O)c1c(NC(=O)C2CC2)sc2c1CCCC2. The maximum absolute atomic E-state index is 12.2. The van der Waals surface area contributed by atoms with Crippen molar-refractivity contribution in [3.8, 4) is 0 Å². The predicted octanol–water partition coefficient (Wildman–Crippen LogP) is 5.06. The minimum atomic E-state index is -0.294. The fourth-order valence-corrected chi connectivity index (χ4v) is 7.78. The Bertz CT molecular complexity index is 1280. The van der Waals surface area contributed by atoms with Crippen LogP contribution in [0.3, 0.4) is 0 Å². The zero-order valence-electron chi connectivity index (χ0n) is 24.3. The molecule has 41 heavy (non-hydrogen) atoms. The average molecular weight is 603 g/mol. The second-order valence-electron chi connectivity index (χ2n) is 10.7. The van der Waals surface area contributed by atoms with Crippen LogP contribution in [-0.2, 0) is 40.0 Å². The topological polar surface area (TPSA) is 140 Å². The van der Waals surface area contributed by atoms with Crippen molar-refractivity contribution in [3.05, 3.63) is 32.0 Å². The number of hydrogen-bond acceptors (Lipinski definition) is 8. The molecule has 0 atom stereocenters. The highest BCUT2D eigenvalue weighted by molar-refractivity contribution is 7.17. The van der Waals surface area contributed by atoms with E-state index in [1.807, 2.05) is 0 Å². The number of thiophene rings is 2. The quantitative estimate of drug-likeness (QED) is 0.327. The van der Waals surface area contributed by atoms with Crippen molar-refractivity contribution in [1.29, 1.82) is 0 Å². The van der Waals surface area contributed by atoms with Crippen LogP contribution in [0.4, 0.5) is 10.0 Å². The molecule has 2 aromatic rings. The molecule has 2 aromatic heterocycles. The molecule has 3 amide bonds. The summed E-state index contributed by atoms with van der Waals surface area (Å²) < 4.78 is 5.17. The lowest BCUT2D eigenvalue weighted by molar-refractivity contribution is -0.118. The number of nitrogens with one attached hydrogen (secondary N) is 3. The minimum absolute atomic E-state index is 0.0501. The van der Waals surface area contributed by atoms with Crippen LogP contribution in [0, 0.1) is 11.8 Å². The van der Waals surface area contributed by atoms with Crippen molar-refractivity contribution in [2.45, 2.75) is 84.0 Å². The number of hydrogen-bond donors (Lipinski definition) is 4. The highest BCUT2D eigenvalue weighted by atomic mass is 32.1. The Labute approximate surface area is 250 Å². The van der Waals surface area contributed by atoms with Crippen molar-refractivity contribution >= 4 is 56.4 Å². The summed E-state index contributed by atoms with van der Waals surface area (Å²) in [5.74, 6) is 0.0576. The van der Waals surface area contributed by atoms with Gasteiger partial charge in [0.15, 0.2) is 0 Å². The van der Waals surface area contributed by atoms with Crippen LogP contribution in [0.15, 0.2) is 0 Å². The third-order valence-electron chi connectivity index (χ3n) is 7.65. The molecule has 0 saturated heterocycles. The third-order valence-corrected chi connectivity index (χ3v) is 10.1. The molecule has 0 unspecified atom stereocenters. The Kier molecular flexibility index (Phi) is 11.0. The molecule has 2 saturated carbocycles. The lowest BCUT2D eigenvalue weighted by atomic mass is 9.95. The van der Waals surface area contributed by atoms with E-state index in [9.17, 15) is 19.2 Å². The Morgan fingerprint density at radius 1 is 0.756 bits per heavy atom. The van der Waals surface area contributed by atoms with Crippen molar-refractivity contribution in [2.75, 3.05) is 31.3 Å². The maximum Gasteiger partial charge on any atom is 0.341 e. The molecule has 11 heteroatoms. The summed E-state index contributed by atoms with van der Waals surface area (Å²) >= 11 is 3.14. The number of rotatable bonds is 7. The molecule has 4 aliphatic rings. The molecule has 2 heterocycles. The first-order chi connectivity index (χ1) is 19.9. The molecule has 224 valence electrons. The van der Waals surface area contributed by atoms with Gasteiger partial charge in [0.25, 0.3) is 5.91 Å². The first kappa shape index (κ1) is 31.2. The van der Waals surface area contributed by atoms with Crippen molar-refractivity contribution < 1.29 is 23.9 Å². The first-order valence-electron chi connectivity index (χ1n) is 14.8. The van der Waals surface area contributed by atoms with Gasteiger partial charge in [0, 0.05) is 28.6 Å². The monoisotopic (exact) mass is 602 g/mol. The van der Waals surface area contributed by atoms with E-state index in [0.717, 1.165) is 86.8 Å². The Morgan fingerprint density at radius 2 is 1.20 bits per heavy atom. The maximum atomic E-state index is 12.2. The molecule has 9 nitrogen and oxygen atoms in total. The van der Waals surface area contributed by atoms with Gasteiger partial charge in [-0.15, -0.1) is 22.7 Å². The lowest BCUT2D eigenvalue weighted by Gasteiger charge is -2.12. The van der Waals surface area contributed by atoms with E-state index >= 15 is 0 Å². The number of esters is 1. The third kappa shape index (κ3) is 7.55. The van der Waals surface area contributed by atoms with Gasteiger partial charge in [0.1, 0.15) is 10.0 Å². The van der Waals surface area contributed by atoms with E-state index < -0.39 is 0 Å². The number of amides is 3. The summed E-state index contributed by atoms with van der Waals surface area (Å²) in [6.07, 6.45) is 12.4. The van der Waals surface area contributed by atoms with Gasteiger partial charge >= 0.3 is 5.97 Å². The van der Waals surface area contributed by atoms with E-state index in [1.54, 1.807) is 36.6 Å². The van der Waals surface area contributed by atoms with Gasteiger partial charge in [-0.25, -0.2) is 4.79 Å². The van der Waals surface area contributed by atoms with Crippen LogP contribution in [0.25, 0.3) is 0 Å². The molecule has 6 rings (SSSR count). The number of fused-ring (bicyclic) bond motifs is 2. The number of carbonyl (C=O) groups excluding carboxylic acids is 4. The molecular weight excluding hydrogens is 560 g/mol. The number of anilines is 2. The van der Waals surface area contributed by atoms with Gasteiger partial charge in [-0.05, 0) is 102 Å². The van der Waals surface area contributed by atoms with Gasteiger partial charge in [0.05, 0.1) is 17.7 Å². The summed E-state index contributed by atoms with van der Waals surface area (Å²) in [4.78, 5) is 50.7. The number of aryl methyl sites for hydroxylation is 2. The Balaban J connectivity index is 0.000000178. The molecular formula is C30H42N4O5S2. The van der Waals surface area contributed by atoms with Crippen LogP contribution < -0.4 is 21.7 Å². The van der Waals surface area contributed by atoms with E-state index in [1.165, 1.54) is 23.2 Å². The summed E-state index contributed by atoms with van der Waals surface area (Å²) in [5.41, 5.74) is 8.07. The Hall–Kier alpha value is -2.76. The Morgan fingerprint density at radius 3 is 1.63 bits per heavy atom. The van der Waals surface area contributed by atoms with Gasteiger partial charge in [-0.2, -0.15) is 0 Å². The average Bonchev–Trinajstić information content (AvgIpc) is 3.92. The van der Waals surface area contributed by atoms with Crippen LogP contribution in [0.1, 0.15) is 99.9 Å². The van der Waals surface area contributed by atoms with Crippen LogP contribution in [-0.4, -0.2) is 44.4 Å². The first-order valence-corrected chi connectivity index (χ1v) is 16.4. The zero-order chi connectivity index (χ0) is 29.5. The summed E-state index contributed by atoms with van der Waals surface area (Å²) in [6.45, 7) is 2.17. The summed E-state index contributed by atoms with van der Waals surface area (Å²) in [5, 5.41) is 10.1. The van der Waals surface area contributed by atoms with E-state index in [2.05, 4.69) is 21.7 Å². The van der Waals surface area contributed by atoms with Crippen LogP contribution in [0.2, 0.25) is 0 Å². The number of ether oxygens (including phenoxy) is 1. The van der Waals surface area contributed by atoms with Gasteiger partial charge in [0.2, 0.25) is 11.8 Å². The van der Waals surface area contributed by atoms with Crippen molar-refractivity contribution in [1.82, 2.24) is 5.32 Å². The molecule has 0 aromatic carbocycles. The van der Waals surface area contributed by atoms with E-state index in [0.29, 0.717) is 22.7 Å². The van der Waals surface area contributed by atoms with Gasteiger partial charge in [-0.3, -0.25) is 14.4 Å². The van der Waals surface area contributed by atoms with E-state index in [4.69, 9.17) is 4.74 Å². The molecule has 0 spiro atoms. The smallest absolute Gasteiger partial charge is 0.341 e. The molecule has 0 aliphatic heterocycles. The number of carbonyl (C=O) groups is 4. The fourth-order valence-electron chi connectivity index (χ4n) is 5.21. The molecule has 4 aliphatic carbocycles. The second-order valence-corrected chi connectivity index (χ2v) is 12.9. The molecule has 0 radical (unpaired) electrons. The molecule has 2 fully saturated rings. The normalized spacial score (nSPS) is 16.9. The largest absolute Gasteiger partial charge is 0.462 e. The lowest BCUT2D eigenvalue weighted by Crippen LogP contribution is -2.22.